The number of nitrogens with zero attached hydrogens (tertiary/aromatic N) is 3. The van der Waals surface area contributed by atoms with E-state index in [1.54, 1.807) is 0 Å². The van der Waals surface area contributed by atoms with Crippen LogP contribution in [0.5, 0.6) is 0 Å². The molecule has 1 atom stereocenters. The molecular formula is C51H31N3O2. The van der Waals surface area contributed by atoms with E-state index in [0.29, 0.717) is 11.6 Å². The minimum atomic E-state index is -0.000764. The number of fused-ring (bicyclic) bond motifs is 10. The van der Waals surface area contributed by atoms with Crippen LogP contribution in [-0.4, -0.2) is 15.0 Å². The molecule has 1 aliphatic carbocycles. The number of aromatic nitrogens is 3. The van der Waals surface area contributed by atoms with E-state index in [-0.39, 0.29) is 5.92 Å². The lowest BCUT2D eigenvalue weighted by atomic mass is 9.89. The van der Waals surface area contributed by atoms with E-state index < -0.39 is 0 Å². The van der Waals surface area contributed by atoms with Gasteiger partial charge >= 0.3 is 0 Å². The maximum absolute atomic E-state index is 6.74. The van der Waals surface area contributed by atoms with Crippen LogP contribution in [0.15, 0.2) is 173 Å². The first-order valence-electron chi connectivity index (χ1n) is 19.0. The Hall–Kier alpha value is -7.37. The summed E-state index contributed by atoms with van der Waals surface area (Å²) in [7, 11) is 0. The Morgan fingerprint density at radius 3 is 2.18 bits per heavy atom. The van der Waals surface area contributed by atoms with Gasteiger partial charge in [0.2, 0.25) is 0 Å². The Labute approximate surface area is 321 Å². The van der Waals surface area contributed by atoms with Crippen molar-refractivity contribution in [1.29, 1.82) is 0 Å². The molecule has 12 rings (SSSR count). The van der Waals surface area contributed by atoms with Gasteiger partial charge in [0, 0.05) is 49.5 Å². The smallest absolute Gasteiger partial charge is 0.164 e. The number of hydrogen-bond donors (Lipinski definition) is 0. The molecule has 0 fully saturated rings. The quantitative estimate of drug-likeness (QED) is 0.181. The molecule has 5 nitrogen and oxygen atoms in total. The molecule has 1 aliphatic rings. The molecule has 8 aromatic carbocycles. The largest absolute Gasteiger partial charge is 0.456 e. The first-order chi connectivity index (χ1) is 27.7. The molecule has 0 bridgehead atoms. The highest BCUT2D eigenvalue weighted by molar-refractivity contribution is 6.18. The summed E-state index contributed by atoms with van der Waals surface area (Å²) in [6, 6.07) is 55.1. The standard InChI is InChI=1S/C51H31N3O2/c1-3-12-33-27-36(21-19-30(33)9-1)49-52-50(37-22-20-31-10-2-4-13-34(31)28-37)54-51(53-49)42-17-8-18-45-46(42)43-29-35(24-26-44(43)55-45)39-15-7-16-40-41-25-23-32-11-5-6-14-38(32)47(41)56-48(39)40/h1-27,29,37H,28H2. The molecule has 1 unspecified atom stereocenters. The van der Waals surface area contributed by atoms with Crippen molar-refractivity contribution in [3.8, 4) is 33.9 Å². The summed E-state index contributed by atoms with van der Waals surface area (Å²) >= 11 is 0. The molecular weight excluding hydrogens is 687 g/mol. The molecule has 11 aromatic rings. The first kappa shape index (κ1) is 31.0. The van der Waals surface area contributed by atoms with Crippen LogP contribution >= 0.6 is 0 Å². The normalized spacial score (nSPS) is 14.1. The van der Waals surface area contributed by atoms with E-state index in [1.807, 2.05) is 12.1 Å². The van der Waals surface area contributed by atoms with Gasteiger partial charge in [0.25, 0.3) is 0 Å². The molecule has 0 N–H and O–H groups in total. The number of furan rings is 2. The molecule has 3 heterocycles. The van der Waals surface area contributed by atoms with E-state index >= 15 is 0 Å². The van der Waals surface area contributed by atoms with Crippen LogP contribution in [0.4, 0.5) is 0 Å². The fraction of sp³-hybridized carbons (Fsp3) is 0.0392. The van der Waals surface area contributed by atoms with E-state index in [1.165, 1.54) is 16.5 Å². The topological polar surface area (TPSA) is 65.0 Å². The second-order valence-electron chi connectivity index (χ2n) is 14.7. The lowest BCUT2D eigenvalue weighted by molar-refractivity contribution is 0.668. The fourth-order valence-electron chi connectivity index (χ4n) is 8.66. The number of benzene rings is 8. The van der Waals surface area contributed by atoms with Gasteiger partial charge in [-0.05, 0) is 69.6 Å². The zero-order valence-electron chi connectivity index (χ0n) is 30.1. The number of hydrogen-bond acceptors (Lipinski definition) is 5. The van der Waals surface area contributed by atoms with Crippen molar-refractivity contribution in [3.63, 3.8) is 0 Å². The minimum Gasteiger partial charge on any atom is -0.456 e. The lowest BCUT2D eigenvalue weighted by Gasteiger charge is -2.19. The van der Waals surface area contributed by atoms with E-state index in [9.17, 15) is 0 Å². The maximum atomic E-state index is 6.74. The van der Waals surface area contributed by atoms with Crippen molar-refractivity contribution in [2.75, 3.05) is 0 Å². The number of rotatable bonds is 4. The molecule has 0 radical (unpaired) electrons. The summed E-state index contributed by atoms with van der Waals surface area (Å²) in [4.78, 5) is 15.7. The minimum absolute atomic E-state index is 0.000764. The van der Waals surface area contributed by atoms with Gasteiger partial charge < -0.3 is 8.83 Å². The number of allylic oxidation sites excluding steroid dienone is 1. The molecule has 0 saturated heterocycles. The Kier molecular flexibility index (Phi) is 6.69. The zero-order chi connectivity index (χ0) is 36.7. The zero-order valence-corrected chi connectivity index (χ0v) is 30.1. The summed E-state index contributed by atoms with van der Waals surface area (Å²) in [5, 5.41) is 8.76. The summed E-state index contributed by atoms with van der Waals surface area (Å²) in [6.07, 6.45) is 5.24. The molecule has 5 heteroatoms. The van der Waals surface area contributed by atoms with E-state index in [2.05, 4.69) is 158 Å². The SMILES string of the molecule is C1=CC(c2nc(-c3ccc4ccccc4c3)nc(-c3cccc4oc5ccc(-c6cccc7c6oc6c8ccccc8ccc76)cc5c34)n2)Cc2ccccc21. The predicted molar refractivity (Wildman–Crippen MR) is 228 cm³/mol. The highest BCUT2D eigenvalue weighted by atomic mass is 16.3. The third-order valence-electron chi connectivity index (χ3n) is 11.4. The molecule has 3 aromatic heterocycles. The average Bonchev–Trinajstić information content (AvgIpc) is 3.84. The van der Waals surface area contributed by atoms with Crippen LogP contribution in [0.3, 0.4) is 0 Å². The van der Waals surface area contributed by atoms with Crippen molar-refractivity contribution in [3.05, 3.63) is 181 Å². The van der Waals surface area contributed by atoms with Crippen molar-refractivity contribution < 1.29 is 8.83 Å². The summed E-state index contributed by atoms with van der Waals surface area (Å²) in [5.74, 6) is 2.02. The van der Waals surface area contributed by atoms with Crippen molar-refractivity contribution in [2.45, 2.75) is 12.3 Å². The van der Waals surface area contributed by atoms with Gasteiger partial charge in [-0.3, -0.25) is 0 Å². The Balaban J connectivity index is 1.05. The predicted octanol–water partition coefficient (Wildman–Crippen LogP) is 13.3. The first-order valence-corrected chi connectivity index (χ1v) is 19.0. The van der Waals surface area contributed by atoms with Crippen LogP contribution in [0, 0.1) is 0 Å². The third kappa shape index (κ3) is 4.84. The van der Waals surface area contributed by atoms with Gasteiger partial charge in [0.15, 0.2) is 11.6 Å². The van der Waals surface area contributed by atoms with Crippen molar-refractivity contribution in [1.82, 2.24) is 15.0 Å². The van der Waals surface area contributed by atoms with Crippen LogP contribution in [0.1, 0.15) is 22.9 Å². The van der Waals surface area contributed by atoms with Crippen LogP contribution in [0.25, 0.3) is 105 Å². The molecule has 56 heavy (non-hydrogen) atoms. The highest BCUT2D eigenvalue weighted by Crippen LogP contribution is 2.42. The Bertz CT molecular complexity index is 3430. The summed E-state index contributed by atoms with van der Waals surface area (Å²) < 4.78 is 13.3. The second kappa shape index (κ2) is 12.1. The average molecular weight is 718 g/mol. The van der Waals surface area contributed by atoms with Gasteiger partial charge in [-0.1, -0.05) is 140 Å². The van der Waals surface area contributed by atoms with Gasteiger partial charge in [0.05, 0.1) is 0 Å². The number of para-hydroxylation sites is 1. The van der Waals surface area contributed by atoms with E-state index in [4.69, 9.17) is 23.8 Å². The fourth-order valence-corrected chi connectivity index (χ4v) is 8.66. The van der Waals surface area contributed by atoms with Gasteiger partial charge in [-0.2, -0.15) is 0 Å². The molecule has 0 saturated carbocycles. The van der Waals surface area contributed by atoms with Crippen LogP contribution in [-0.2, 0) is 6.42 Å². The van der Waals surface area contributed by atoms with Crippen molar-refractivity contribution in [2.24, 2.45) is 0 Å². The summed E-state index contributed by atoms with van der Waals surface area (Å²) in [5.41, 5.74) is 9.82. The monoisotopic (exact) mass is 717 g/mol. The van der Waals surface area contributed by atoms with Crippen LogP contribution in [0.2, 0.25) is 0 Å². The van der Waals surface area contributed by atoms with E-state index in [0.717, 1.165) is 94.5 Å². The molecule has 262 valence electrons. The molecule has 0 spiro atoms. The third-order valence-corrected chi connectivity index (χ3v) is 11.4. The molecule has 0 aliphatic heterocycles. The Morgan fingerprint density at radius 1 is 0.464 bits per heavy atom. The van der Waals surface area contributed by atoms with Gasteiger partial charge in [-0.15, -0.1) is 0 Å². The van der Waals surface area contributed by atoms with Gasteiger partial charge in [-0.25, -0.2) is 15.0 Å². The molecule has 0 amide bonds. The van der Waals surface area contributed by atoms with Gasteiger partial charge in [0.1, 0.15) is 28.2 Å². The Morgan fingerprint density at radius 2 is 1.21 bits per heavy atom. The van der Waals surface area contributed by atoms with Crippen LogP contribution < -0.4 is 0 Å². The highest BCUT2D eigenvalue weighted by Gasteiger charge is 2.23. The lowest BCUT2D eigenvalue weighted by Crippen LogP contribution is -2.12. The second-order valence-corrected chi connectivity index (χ2v) is 14.7. The van der Waals surface area contributed by atoms with Crippen molar-refractivity contribution >= 4 is 71.5 Å². The summed E-state index contributed by atoms with van der Waals surface area (Å²) in [6.45, 7) is 0. The maximum Gasteiger partial charge on any atom is 0.164 e.